The van der Waals surface area contributed by atoms with Gasteiger partial charge in [0.2, 0.25) is 0 Å². The van der Waals surface area contributed by atoms with Gasteiger partial charge in [-0.3, -0.25) is 4.79 Å². The smallest absolute Gasteiger partial charge is 0.133 e. The fourth-order valence-electron chi connectivity index (χ4n) is 2.60. The highest BCUT2D eigenvalue weighted by Crippen LogP contribution is 2.34. The summed E-state index contributed by atoms with van der Waals surface area (Å²) in [5.74, 6) is 0.409. The van der Waals surface area contributed by atoms with Crippen molar-refractivity contribution in [3.05, 3.63) is 35.9 Å². The van der Waals surface area contributed by atoms with Crippen molar-refractivity contribution in [1.29, 1.82) is 0 Å². The molecule has 0 saturated carbocycles. The number of rotatable bonds is 9. The largest absolute Gasteiger partial charge is 0.300 e. The van der Waals surface area contributed by atoms with Crippen molar-refractivity contribution in [2.45, 2.75) is 65.7 Å². The number of hydrogen-bond donors (Lipinski definition) is 0. The van der Waals surface area contributed by atoms with Crippen LogP contribution in [0.2, 0.25) is 0 Å². The molecule has 1 aromatic carbocycles. The molecular weight excluding hydrogens is 232 g/mol. The van der Waals surface area contributed by atoms with Gasteiger partial charge >= 0.3 is 0 Å². The summed E-state index contributed by atoms with van der Waals surface area (Å²) < 4.78 is 0. The van der Waals surface area contributed by atoms with Crippen LogP contribution in [-0.4, -0.2) is 5.78 Å². The zero-order valence-corrected chi connectivity index (χ0v) is 12.7. The molecule has 1 rings (SSSR count). The molecule has 0 heterocycles. The molecule has 1 aromatic rings. The van der Waals surface area contributed by atoms with Gasteiger partial charge in [-0.2, -0.15) is 0 Å². The summed E-state index contributed by atoms with van der Waals surface area (Å²) in [6.07, 6.45) is 7.22. The number of benzene rings is 1. The number of carbonyl (C=O) groups is 1. The Bertz CT molecular complexity index is 369. The molecule has 0 saturated heterocycles. The third kappa shape index (κ3) is 6.04. The maximum Gasteiger partial charge on any atom is 0.133 e. The van der Waals surface area contributed by atoms with Crippen molar-refractivity contribution >= 4 is 5.78 Å². The molecule has 0 unspecified atom stereocenters. The fraction of sp³-hybridized carbons (Fsp3) is 0.611. The molecule has 0 radical (unpaired) electrons. The Hall–Kier alpha value is -1.11. The van der Waals surface area contributed by atoms with E-state index in [1.807, 2.05) is 6.92 Å². The van der Waals surface area contributed by atoms with Crippen LogP contribution in [0.25, 0.3) is 0 Å². The number of carbonyl (C=O) groups excluding carboxylic acids is 1. The van der Waals surface area contributed by atoms with Crippen LogP contribution >= 0.6 is 0 Å². The Morgan fingerprint density at radius 1 is 1.11 bits per heavy atom. The molecule has 19 heavy (non-hydrogen) atoms. The Morgan fingerprint density at radius 3 is 2.37 bits per heavy atom. The van der Waals surface area contributed by atoms with E-state index in [1.165, 1.54) is 24.8 Å². The second-order valence-corrected chi connectivity index (χ2v) is 5.97. The summed E-state index contributed by atoms with van der Waals surface area (Å²) >= 11 is 0. The van der Waals surface area contributed by atoms with Gasteiger partial charge in [0.15, 0.2) is 0 Å². The molecule has 0 aliphatic carbocycles. The highest BCUT2D eigenvalue weighted by molar-refractivity contribution is 5.78. The van der Waals surface area contributed by atoms with Crippen LogP contribution in [0.5, 0.6) is 0 Å². The van der Waals surface area contributed by atoms with Crippen molar-refractivity contribution in [2.75, 3.05) is 0 Å². The minimum Gasteiger partial charge on any atom is -0.300 e. The Balaban J connectivity index is 2.60. The summed E-state index contributed by atoms with van der Waals surface area (Å²) in [5.41, 5.74) is 1.56. The molecule has 0 amide bonds. The molecule has 0 spiro atoms. The Labute approximate surface area is 118 Å². The second-order valence-electron chi connectivity index (χ2n) is 5.97. The highest BCUT2D eigenvalue weighted by Gasteiger charge is 2.25. The van der Waals surface area contributed by atoms with Crippen molar-refractivity contribution < 1.29 is 4.79 Å². The van der Waals surface area contributed by atoms with Crippen molar-refractivity contribution in [2.24, 2.45) is 5.41 Å². The minimum atomic E-state index is 0.180. The van der Waals surface area contributed by atoms with Gasteiger partial charge in [0.25, 0.3) is 0 Å². The van der Waals surface area contributed by atoms with Crippen LogP contribution in [0.3, 0.4) is 0 Å². The molecule has 0 N–H and O–H groups in total. The zero-order valence-electron chi connectivity index (χ0n) is 12.7. The van der Waals surface area contributed by atoms with Crippen LogP contribution in [0.4, 0.5) is 0 Å². The third-order valence-corrected chi connectivity index (χ3v) is 4.01. The molecule has 0 aromatic heterocycles. The summed E-state index contributed by atoms with van der Waals surface area (Å²) in [7, 11) is 0. The number of unbranched alkanes of at least 4 members (excludes halogenated alkanes) is 1. The normalized spacial score (nSPS) is 14.1. The average molecular weight is 260 g/mol. The molecule has 0 bridgehead atoms. The summed E-state index contributed by atoms with van der Waals surface area (Å²) in [6.45, 7) is 6.48. The first-order valence-corrected chi connectivity index (χ1v) is 7.65. The van der Waals surface area contributed by atoms with E-state index in [0.717, 1.165) is 19.3 Å². The highest BCUT2D eigenvalue weighted by atomic mass is 16.1. The molecule has 1 heteroatoms. The van der Waals surface area contributed by atoms with Crippen LogP contribution in [0.15, 0.2) is 30.3 Å². The quantitative estimate of drug-likeness (QED) is 0.597. The minimum absolute atomic E-state index is 0.180. The average Bonchev–Trinajstić information content (AvgIpc) is 2.44. The zero-order chi connectivity index (χ0) is 14.1. The topological polar surface area (TPSA) is 17.1 Å². The van der Waals surface area contributed by atoms with Gasteiger partial charge in [0.1, 0.15) is 5.78 Å². The van der Waals surface area contributed by atoms with E-state index < -0.39 is 0 Å². The van der Waals surface area contributed by atoms with E-state index in [-0.39, 0.29) is 5.41 Å². The number of ketones is 1. The fourth-order valence-corrected chi connectivity index (χ4v) is 2.60. The number of Topliss-reactive ketones (excluding diaryl/α,β-unsaturated/α-hetero) is 1. The van der Waals surface area contributed by atoms with E-state index in [9.17, 15) is 4.79 Å². The lowest BCUT2D eigenvalue weighted by Gasteiger charge is -2.29. The van der Waals surface area contributed by atoms with Gasteiger partial charge in [-0.1, -0.05) is 63.9 Å². The Morgan fingerprint density at radius 2 is 1.79 bits per heavy atom. The lowest BCUT2D eigenvalue weighted by atomic mass is 9.75. The molecule has 0 aliphatic rings. The van der Waals surface area contributed by atoms with Crippen LogP contribution in [0, 0.1) is 5.41 Å². The number of aryl methyl sites for hydroxylation is 1. The maximum atomic E-state index is 11.8. The molecule has 1 nitrogen and oxygen atoms in total. The summed E-state index contributed by atoms with van der Waals surface area (Å²) in [6, 6.07) is 10.6. The second kappa shape index (κ2) is 8.14. The van der Waals surface area contributed by atoms with E-state index in [2.05, 4.69) is 44.2 Å². The van der Waals surface area contributed by atoms with Crippen molar-refractivity contribution in [1.82, 2.24) is 0 Å². The molecule has 0 fully saturated rings. The number of hydrogen-bond acceptors (Lipinski definition) is 1. The van der Waals surface area contributed by atoms with E-state index in [1.54, 1.807) is 0 Å². The van der Waals surface area contributed by atoms with Gasteiger partial charge in [-0.05, 0) is 30.2 Å². The van der Waals surface area contributed by atoms with E-state index in [0.29, 0.717) is 12.2 Å². The van der Waals surface area contributed by atoms with Crippen LogP contribution < -0.4 is 0 Å². The molecule has 0 aliphatic heterocycles. The summed E-state index contributed by atoms with van der Waals surface area (Å²) in [4.78, 5) is 11.8. The predicted octanol–water partition coefficient (Wildman–Crippen LogP) is 5.18. The summed E-state index contributed by atoms with van der Waals surface area (Å²) in [5, 5.41) is 0. The van der Waals surface area contributed by atoms with Gasteiger partial charge in [0, 0.05) is 12.8 Å². The van der Waals surface area contributed by atoms with Gasteiger partial charge in [0.05, 0.1) is 0 Å². The molecule has 1 atom stereocenters. The standard InChI is InChI=1S/C18H28O/c1-4-6-13-18(3,15-17(19)5-2)14-12-16-10-8-7-9-11-16/h7-11H,4-6,12-15H2,1-3H3/t18-/m0/s1. The van der Waals surface area contributed by atoms with Crippen molar-refractivity contribution in [3.8, 4) is 0 Å². The van der Waals surface area contributed by atoms with E-state index in [4.69, 9.17) is 0 Å². The predicted molar refractivity (Wildman–Crippen MR) is 82.3 cm³/mol. The lowest BCUT2D eigenvalue weighted by Crippen LogP contribution is -2.21. The third-order valence-electron chi connectivity index (χ3n) is 4.01. The Kier molecular flexibility index (Phi) is 6.83. The molecular formula is C18H28O. The van der Waals surface area contributed by atoms with Crippen LogP contribution in [0.1, 0.15) is 64.9 Å². The van der Waals surface area contributed by atoms with Gasteiger partial charge in [-0.15, -0.1) is 0 Å². The lowest BCUT2D eigenvalue weighted by molar-refractivity contribution is -0.121. The monoisotopic (exact) mass is 260 g/mol. The van der Waals surface area contributed by atoms with Crippen LogP contribution in [-0.2, 0) is 11.2 Å². The van der Waals surface area contributed by atoms with Gasteiger partial charge in [-0.25, -0.2) is 0 Å². The molecule has 106 valence electrons. The first-order valence-electron chi connectivity index (χ1n) is 7.65. The van der Waals surface area contributed by atoms with Crippen molar-refractivity contribution in [3.63, 3.8) is 0 Å². The van der Waals surface area contributed by atoms with E-state index >= 15 is 0 Å². The van der Waals surface area contributed by atoms with Gasteiger partial charge < -0.3 is 0 Å². The SMILES string of the molecule is CCCC[C@@](C)(CCc1ccccc1)CC(=O)CC. The first kappa shape index (κ1) is 15.9. The first-order chi connectivity index (χ1) is 9.09. The maximum absolute atomic E-state index is 11.8.